The van der Waals surface area contributed by atoms with Gasteiger partial charge in [-0.05, 0) is 35.9 Å². The van der Waals surface area contributed by atoms with Crippen LogP contribution in [0.25, 0.3) is 0 Å². The molecule has 0 bridgehead atoms. The normalized spacial score (nSPS) is 9.84. The third-order valence-electron chi connectivity index (χ3n) is 2.57. The monoisotopic (exact) mass is 269 g/mol. The first-order valence-corrected chi connectivity index (χ1v) is 6.63. The van der Waals surface area contributed by atoms with E-state index in [4.69, 9.17) is 10.4 Å². The van der Waals surface area contributed by atoms with Gasteiger partial charge in [-0.1, -0.05) is 18.2 Å². The number of hydrogen-bond donors (Lipinski definition) is 1. The Hall–Kier alpha value is -2.25. The average molecular weight is 269 g/mol. The highest BCUT2D eigenvalue weighted by Crippen LogP contribution is 2.23. The molecule has 3 nitrogen and oxygen atoms in total. The van der Waals surface area contributed by atoms with E-state index in [1.165, 1.54) is 0 Å². The average Bonchev–Trinajstić information content (AvgIpc) is 2.46. The fraction of sp³-hybridized carbons (Fsp3) is 0.0667. The van der Waals surface area contributed by atoms with E-state index in [-0.39, 0.29) is 0 Å². The minimum Gasteiger partial charge on any atom is -0.478 e. The summed E-state index contributed by atoms with van der Waals surface area (Å²) in [6.07, 6.45) is 0. The minimum absolute atomic E-state index is 0.296. The SMILES string of the molecule is N#Cc1ccc(CSc2cccc(C(=O)O)c2)cc1. The van der Waals surface area contributed by atoms with E-state index in [0.717, 1.165) is 16.2 Å². The molecule has 2 rings (SSSR count). The van der Waals surface area contributed by atoms with Gasteiger partial charge in [0.15, 0.2) is 0 Å². The van der Waals surface area contributed by atoms with Crippen molar-refractivity contribution in [3.8, 4) is 6.07 Å². The van der Waals surface area contributed by atoms with Crippen LogP contribution in [0.4, 0.5) is 0 Å². The van der Waals surface area contributed by atoms with E-state index in [2.05, 4.69) is 6.07 Å². The van der Waals surface area contributed by atoms with E-state index in [0.29, 0.717) is 11.1 Å². The second kappa shape index (κ2) is 6.07. The van der Waals surface area contributed by atoms with Crippen molar-refractivity contribution < 1.29 is 9.90 Å². The lowest BCUT2D eigenvalue weighted by Gasteiger charge is -2.03. The van der Waals surface area contributed by atoms with Gasteiger partial charge in [0.2, 0.25) is 0 Å². The van der Waals surface area contributed by atoms with Crippen LogP contribution in [0.15, 0.2) is 53.4 Å². The van der Waals surface area contributed by atoms with Crippen LogP contribution in [0.2, 0.25) is 0 Å². The molecule has 2 aromatic carbocycles. The van der Waals surface area contributed by atoms with Gasteiger partial charge in [-0.3, -0.25) is 0 Å². The maximum absolute atomic E-state index is 10.9. The number of hydrogen-bond acceptors (Lipinski definition) is 3. The molecule has 0 radical (unpaired) electrons. The van der Waals surface area contributed by atoms with Gasteiger partial charge >= 0.3 is 5.97 Å². The van der Waals surface area contributed by atoms with Crippen LogP contribution in [-0.4, -0.2) is 11.1 Å². The molecule has 0 saturated carbocycles. The molecule has 0 fully saturated rings. The molecule has 0 spiro atoms. The molecule has 0 aromatic heterocycles. The third kappa shape index (κ3) is 3.60. The molecule has 19 heavy (non-hydrogen) atoms. The second-order valence-corrected chi connectivity index (χ2v) is 4.98. The predicted molar refractivity (Wildman–Crippen MR) is 74.1 cm³/mol. The molecular formula is C15H11NO2S. The molecule has 4 heteroatoms. The Labute approximate surface area is 115 Å². The number of thioether (sulfide) groups is 1. The molecule has 0 saturated heterocycles. The summed E-state index contributed by atoms with van der Waals surface area (Å²) in [6.45, 7) is 0. The van der Waals surface area contributed by atoms with Gasteiger partial charge in [0.05, 0.1) is 17.2 Å². The molecule has 94 valence electrons. The van der Waals surface area contributed by atoms with Gasteiger partial charge in [-0.15, -0.1) is 11.8 Å². The first-order chi connectivity index (χ1) is 9.19. The Morgan fingerprint density at radius 1 is 1.21 bits per heavy atom. The summed E-state index contributed by atoms with van der Waals surface area (Å²) >= 11 is 1.57. The van der Waals surface area contributed by atoms with E-state index in [9.17, 15) is 4.79 Å². The number of benzene rings is 2. The number of aromatic carboxylic acids is 1. The van der Waals surface area contributed by atoms with Gasteiger partial charge in [0.25, 0.3) is 0 Å². The number of nitriles is 1. The maximum atomic E-state index is 10.9. The molecule has 0 aliphatic heterocycles. The first-order valence-electron chi connectivity index (χ1n) is 5.64. The van der Waals surface area contributed by atoms with Gasteiger partial charge in [0.1, 0.15) is 0 Å². The topological polar surface area (TPSA) is 61.1 Å². The van der Waals surface area contributed by atoms with Crippen LogP contribution in [0, 0.1) is 11.3 Å². The van der Waals surface area contributed by atoms with Crippen LogP contribution in [0.3, 0.4) is 0 Å². The molecule has 0 unspecified atom stereocenters. The fourth-order valence-electron chi connectivity index (χ4n) is 1.56. The number of nitrogens with zero attached hydrogens (tertiary/aromatic N) is 1. The molecule has 0 heterocycles. The highest BCUT2D eigenvalue weighted by atomic mass is 32.2. The van der Waals surface area contributed by atoms with Gasteiger partial charge in [-0.2, -0.15) is 5.26 Å². The minimum atomic E-state index is -0.916. The van der Waals surface area contributed by atoms with Crippen molar-refractivity contribution in [2.45, 2.75) is 10.6 Å². The van der Waals surface area contributed by atoms with Crippen molar-refractivity contribution in [1.82, 2.24) is 0 Å². The summed E-state index contributed by atoms with van der Waals surface area (Å²) in [6, 6.07) is 16.3. The zero-order valence-electron chi connectivity index (χ0n) is 10.0. The number of carboxylic acid groups (broad SMARTS) is 1. The Morgan fingerprint density at radius 2 is 1.95 bits per heavy atom. The Kier molecular flexibility index (Phi) is 4.22. The summed E-state index contributed by atoms with van der Waals surface area (Å²) in [7, 11) is 0. The molecular weight excluding hydrogens is 258 g/mol. The van der Waals surface area contributed by atoms with Gasteiger partial charge in [-0.25, -0.2) is 4.79 Å². The summed E-state index contributed by atoms with van der Waals surface area (Å²) < 4.78 is 0. The van der Waals surface area contributed by atoms with Crippen LogP contribution >= 0.6 is 11.8 Å². The highest BCUT2D eigenvalue weighted by Gasteiger charge is 2.03. The number of carboxylic acids is 1. The molecule has 0 aliphatic carbocycles. The third-order valence-corrected chi connectivity index (χ3v) is 3.63. The summed E-state index contributed by atoms with van der Waals surface area (Å²) in [5.74, 6) is -0.171. The van der Waals surface area contributed by atoms with E-state index >= 15 is 0 Å². The Bertz CT molecular complexity index is 629. The summed E-state index contributed by atoms with van der Waals surface area (Å²) in [5.41, 5.74) is 2.04. The standard InChI is InChI=1S/C15H11NO2S/c16-9-11-4-6-12(7-5-11)10-19-14-3-1-2-13(8-14)15(17)18/h1-8H,10H2,(H,17,18). The van der Waals surface area contributed by atoms with Crippen LogP contribution in [0.5, 0.6) is 0 Å². The Balaban J connectivity index is 2.03. The zero-order chi connectivity index (χ0) is 13.7. The van der Waals surface area contributed by atoms with E-state index in [1.54, 1.807) is 42.1 Å². The maximum Gasteiger partial charge on any atom is 0.335 e. The first kappa shape index (κ1) is 13.2. The van der Waals surface area contributed by atoms with Gasteiger partial charge < -0.3 is 5.11 Å². The van der Waals surface area contributed by atoms with E-state index in [1.807, 2.05) is 18.2 Å². The number of rotatable bonds is 4. The summed E-state index contributed by atoms with van der Waals surface area (Å²) in [5, 5.41) is 17.6. The van der Waals surface area contributed by atoms with Gasteiger partial charge in [0, 0.05) is 10.6 Å². The second-order valence-electron chi connectivity index (χ2n) is 3.93. The van der Waals surface area contributed by atoms with Crippen LogP contribution < -0.4 is 0 Å². The quantitative estimate of drug-likeness (QED) is 0.862. The van der Waals surface area contributed by atoms with E-state index < -0.39 is 5.97 Å². The highest BCUT2D eigenvalue weighted by molar-refractivity contribution is 7.98. The lowest BCUT2D eigenvalue weighted by molar-refractivity contribution is 0.0696. The van der Waals surface area contributed by atoms with Crippen molar-refractivity contribution in [3.63, 3.8) is 0 Å². The zero-order valence-corrected chi connectivity index (χ0v) is 10.9. The summed E-state index contributed by atoms with van der Waals surface area (Å²) in [4.78, 5) is 11.8. The molecule has 2 aromatic rings. The molecule has 1 N–H and O–H groups in total. The van der Waals surface area contributed by atoms with Crippen molar-refractivity contribution >= 4 is 17.7 Å². The molecule has 0 amide bonds. The van der Waals surface area contributed by atoms with Crippen molar-refractivity contribution in [2.75, 3.05) is 0 Å². The predicted octanol–water partition coefficient (Wildman–Crippen LogP) is 3.55. The largest absolute Gasteiger partial charge is 0.478 e. The lowest BCUT2D eigenvalue weighted by Crippen LogP contribution is -1.95. The van der Waals surface area contributed by atoms with Crippen molar-refractivity contribution in [2.24, 2.45) is 0 Å². The fourth-order valence-corrected chi connectivity index (χ4v) is 2.47. The lowest BCUT2D eigenvalue weighted by atomic mass is 10.2. The van der Waals surface area contributed by atoms with Crippen LogP contribution in [0.1, 0.15) is 21.5 Å². The van der Waals surface area contributed by atoms with Crippen molar-refractivity contribution in [1.29, 1.82) is 5.26 Å². The van der Waals surface area contributed by atoms with Crippen LogP contribution in [-0.2, 0) is 5.75 Å². The number of carbonyl (C=O) groups is 1. The molecule has 0 atom stereocenters. The Morgan fingerprint density at radius 3 is 2.58 bits per heavy atom. The van der Waals surface area contributed by atoms with Crippen molar-refractivity contribution in [3.05, 3.63) is 65.2 Å². The molecule has 0 aliphatic rings. The smallest absolute Gasteiger partial charge is 0.335 e.